The van der Waals surface area contributed by atoms with Crippen LogP contribution in [-0.4, -0.2) is 25.5 Å². The summed E-state index contributed by atoms with van der Waals surface area (Å²) in [6.07, 6.45) is 0.617. The van der Waals surface area contributed by atoms with Gasteiger partial charge in [-0.25, -0.2) is 9.18 Å². The van der Waals surface area contributed by atoms with Gasteiger partial charge in [-0.2, -0.15) is 0 Å². The van der Waals surface area contributed by atoms with E-state index in [1.807, 2.05) is 0 Å². The Hall–Kier alpha value is -2.69. The van der Waals surface area contributed by atoms with Crippen molar-refractivity contribution in [2.24, 2.45) is 0 Å². The molecule has 0 spiro atoms. The molecular formula is C17H16FNO3. The number of halogens is 1. The minimum atomic E-state index is -0.441. The molecule has 0 radical (unpaired) electrons. The molecule has 0 aliphatic heterocycles. The summed E-state index contributed by atoms with van der Waals surface area (Å²) < 4.78 is 17.4. The van der Waals surface area contributed by atoms with Gasteiger partial charge in [-0.05, 0) is 48.4 Å². The van der Waals surface area contributed by atoms with Crippen LogP contribution in [0.1, 0.15) is 26.3 Å². The third-order valence-corrected chi connectivity index (χ3v) is 3.18. The van der Waals surface area contributed by atoms with Gasteiger partial charge in [0.2, 0.25) is 0 Å². The quantitative estimate of drug-likeness (QED) is 0.864. The lowest BCUT2D eigenvalue weighted by molar-refractivity contribution is 0.0600. The monoisotopic (exact) mass is 301 g/mol. The molecule has 4 nitrogen and oxygen atoms in total. The number of carbonyl (C=O) groups is 2. The van der Waals surface area contributed by atoms with Crippen molar-refractivity contribution in [1.82, 2.24) is 5.32 Å². The minimum absolute atomic E-state index is 0.224. The molecule has 0 saturated carbocycles. The summed E-state index contributed by atoms with van der Waals surface area (Å²) in [4.78, 5) is 23.3. The number of nitrogens with one attached hydrogen (secondary N) is 1. The second-order valence-corrected chi connectivity index (χ2v) is 4.70. The summed E-state index contributed by atoms with van der Waals surface area (Å²) in [5.41, 5.74) is 1.81. The number of hydrogen-bond donors (Lipinski definition) is 1. The number of benzene rings is 2. The van der Waals surface area contributed by atoms with Crippen LogP contribution in [0.4, 0.5) is 4.39 Å². The first kappa shape index (κ1) is 15.7. The Labute approximate surface area is 127 Å². The fraction of sp³-hybridized carbons (Fsp3) is 0.176. The van der Waals surface area contributed by atoms with Crippen molar-refractivity contribution in [2.75, 3.05) is 13.7 Å². The maximum absolute atomic E-state index is 12.8. The topological polar surface area (TPSA) is 55.4 Å². The molecule has 0 aromatic heterocycles. The molecule has 0 aliphatic carbocycles. The molecule has 5 heteroatoms. The Morgan fingerprint density at radius 2 is 1.59 bits per heavy atom. The Morgan fingerprint density at radius 3 is 2.18 bits per heavy atom. The van der Waals surface area contributed by atoms with E-state index in [1.54, 1.807) is 36.4 Å². The highest BCUT2D eigenvalue weighted by Gasteiger charge is 2.08. The fourth-order valence-electron chi connectivity index (χ4n) is 1.95. The van der Waals surface area contributed by atoms with Crippen molar-refractivity contribution in [2.45, 2.75) is 6.42 Å². The third kappa shape index (κ3) is 4.15. The van der Waals surface area contributed by atoms with E-state index >= 15 is 0 Å². The van der Waals surface area contributed by atoms with Gasteiger partial charge in [-0.15, -0.1) is 0 Å². The lowest BCUT2D eigenvalue weighted by Crippen LogP contribution is -2.25. The van der Waals surface area contributed by atoms with E-state index in [0.717, 1.165) is 5.56 Å². The van der Waals surface area contributed by atoms with E-state index in [1.165, 1.54) is 19.2 Å². The third-order valence-electron chi connectivity index (χ3n) is 3.18. The summed E-state index contributed by atoms with van der Waals surface area (Å²) in [5.74, 6) is -0.944. The van der Waals surface area contributed by atoms with Gasteiger partial charge in [0.15, 0.2) is 0 Å². The molecule has 1 N–H and O–H groups in total. The second-order valence-electron chi connectivity index (χ2n) is 4.70. The summed E-state index contributed by atoms with van der Waals surface area (Å²) in [5, 5.41) is 2.78. The molecule has 114 valence electrons. The van der Waals surface area contributed by atoms with Crippen molar-refractivity contribution >= 4 is 11.9 Å². The van der Waals surface area contributed by atoms with Crippen LogP contribution in [0.5, 0.6) is 0 Å². The van der Waals surface area contributed by atoms with E-state index < -0.39 is 5.97 Å². The highest BCUT2D eigenvalue weighted by Crippen LogP contribution is 2.06. The Kier molecular flexibility index (Phi) is 5.25. The Bertz CT molecular complexity index is 651. The number of rotatable bonds is 5. The summed E-state index contributed by atoms with van der Waals surface area (Å²) in [6.45, 7) is 0.448. The van der Waals surface area contributed by atoms with E-state index in [9.17, 15) is 14.0 Å². The summed E-state index contributed by atoms with van der Waals surface area (Å²) in [6, 6.07) is 12.4. The van der Waals surface area contributed by atoms with E-state index in [2.05, 4.69) is 10.1 Å². The number of ether oxygens (including phenoxy) is 1. The molecule has 1 amide bonds. The van der Waals surface area contributed by atoms with Gasteiger partial charge >= 0.3 is 5.97 Å². The first-order valence-corrected chi connectivity index (χ1v) is 6.81. The molecule has 2 aromatic rings. The normalized spacial score (nSPS) is 10.1. The van der Waals surface area contributed by atoms with E-state index in [-0.39, 0.29) is 11.7 Å². The average molecular weight is 301 g/mol. The molecule has 0 fully saturated rings. The number of carbonyl (C=O) groups excluding carboxylic acids is 2. The zero-order chi connectivity index (χ0) is 15.9. The zero-order valence-electron chi connectivity index (χ0n) is 12.1. The summed E-state index contributed by atoms with van der Waals surface area (Å²) >= 11 is 0. The fourth-order valence-corrected chi connectivity index (χ4v) is 1.95. The molecule has 0 atom stereocenters. The van der Waals surface area contributed by atoms with Crippen LogP contribution in [0.25, 0.3) is 0 Å². The van der Waals surface area contributed by atoms with Gasteiger partial charge in [-0.3, -0.25) is 4.79 Å². The standard InChI is InChI=1S/C17H16FNO3/c1-22-17(21)14-6-4-13(5-7-14)16(20)19-11-10-12-2-8-15(18)9-3-12/h2-9H,10-11H2,1H3,(H,19,20). The van der Waals surface area contributed by atoms with Crippen molar-refractivity contribution in [3.63, 3.8) is 0 Å². The molecule has 2 rings (SSSR count). The Morgan fingerprint density at radius 1 is 1.00 bits per heavy atom. The van der Waals surface area contributed by atoms with Crippen molar-refractivity contribution < 1.29 is 18.7 Å². The van der Waals surface area contributed by atoms with Gasteiger partial charge in [0.25, 0.3) is 5.91 Å². The van der Waals surface area contributed by atoms with E-state index in [0.29, 0.717) is 24.1 Å². The van der Waals surface area contributed by atoms with Gasteiger partial charge < -0.3 is 10.1 Å². The van der Waals surface area contributed by atoms with Gasteiger partial charge in [0, 0.05) is 12.1 Å². The maximum atomic E-state index is 12.8. The number of methoxy groups -OCH3 is 1. The van der Waals surface area contributed by atoms with Gasteiger partial charge in [-0.1, -0.05) is 12.1 Å². The second kappa shape index (κ2) is 7.36. The average Bonchev–Trinajstić information content (AvgIpc) is 2.56. The molecule has 0 aliphatic rings. The van der Waals surface area contributed by atoms with Gasteiger partial charge in [0.05, 0.1) is 12.7 Å². The number of amides is 1. The summed E-state index contributed by atoms with van der Waals surface area (Å²) in [7, 11) is 1.30. The lowest BCUT2D eigenvalue weighted by atomic mass is 10.1. The molecule has 0 heterocycles. The van der Waals surface area contributed by atoms with Crippen molar-refractivity contribution in [3.05, 3.63) is 71.0 Å². The number of esters is 1. The molecule has 0 unspecified atom stereocenters. The molecule has 22 heavy (non-hydrogen) atoms. The first-order valence-electron chi connectivity index (χ1n) is 6.81. The van der Waals surface area contributed by atoms with Crippen LogP contribution < -0.4 is 5.32 Å². The molecule has 2 aromatic carbocycles. The van der Waals surface area contributed by atoms with Crippen LogP contribution in [0, 0.1) is 5.82 Å². The van der Waals surface area contributed by atoms with E-state index in [4.69, 9.17) is 0 Å². The van der Waals surface area contributed by atoms with Crippen LogP contribution in [0.3, 0.4) is 0 Å². The van der Waals surface area contributed by atoms with Crippen LogP contribution >= 0.6 is 0 Å². The van der Waals surface area contributed by atoms with Gasteiger partial charge in [0.1, 0.15) is 5.82 Å². The van der Waals surface area contributed by atoms with Crippen LogP contribution in [0.15, 0.2) is 48.5 Å². The number of hydrogen-bond acceptors (Lipinski definition) is 3. The van der Waals surface area contributed by atoms with Crippen LogP contribution in [-0.2, 0) is 11.2 Å². The predicted molar refractivity (Wildman–Crippen MR) is 80.2 cm³/mol. The van der Waals surface area contributed by atoms with Crippen molar-refractivity contribution in [3.8, 4) is 0 Å². The molecular weight excluding hydrogens is 285 g/mol. The van der Waals surface area contributed by atoms with Crippen molar-refractivity contribution in [1.29, 1.82) is 0 Å². The molecule has 0 bridgehead atoms. The largest absolute Gasteiger partial charge is 0.465 e. The predicted octanol–water partition coefficient (Wildman–Crippen LogP) is 2.58. The SMILES string of the molecule is COC(=O)c1ccc(C(=O)NCCc2ccc(F)cc2)cc1. The highest BCUT2D eigenvalue weighted by molar-refractivity contribution is 5.96. The maximum Gasteiger partial charge on any atom is 0.337 e. The molecule has 0 saturated heterocycles. The first-order chi connectivity index (χ1) is 10.6. The zero-order valence-corrected chi connectivity index (χ0v) is 12.1. The highest BCUT2D eigenvalue weighted by atomic mass is 19.1. The van der Waals surface area contributed by atoms with Crippen LogP contribution in [0.2, 0.25) is 0 Å². The smallest absolute Gasteiger partial charge is 0.337 e. The Balaban J connectivity index is 1.86. The lowest BCUT2D eigenvalue weighted by Gasteiger charge is -2.06. The minimum Gasteiger partial charge on any atom is -0.465 e.